The third kappa shape index (κ3) is 6.11. The van der Waals surface area contributed by atoms with Crippen molar-refractivity contribution in [3.8, 4) is 0 Å². The maximum absolute atomic E-state index is 13.5. The number of halogens is 1. The minimum absolute atomic E-state index is 0.139. The number of likely N-dealkylation sites (tertiary alicyclic amines) is 1. The summed E-state index contributed by atoms with van der Waals surface area (Å²) in [6.07, 6.45) is 3.01. The Labute approximate surface area is 205 Å². The predicted octanol–water partition coefficient (Wildman–Crippen LogP) is 2.68. The summed E-state index contributed by atoms with van der Waals surface area (Å²) in [5.74, 6) is -0.285. The van der Waals surface area contributed by atoms with Crippen molar-refractivity contribution in [2.24, 2.45) is 0 Å². The smallest absolute Gasteiger partial charge is 0.254 e. The average Bonchev–Trinajstić information content (AvgIpc) is 3.20. The zero-order valence-corrected chi connectivity index (χ0v) is 21.5. The van der Waals surface area contributed by atoms with E-state index in [1.807, 2.05) is 25.1 Å². The molecule has 0 saturated carbocycles. The number of benzene rings is 1. The maximum Gasteiger partial charge on any atom is 0.254 e. The van der Waals surface area contributed by atoms with Gasteiger partial charge in [-0.25, -0.2) is 0 Å². The molecular formula is C24H33ClN4O3S. The zero-order valence-electron chi connectivity index (χ0n) is 19.9. The number of nitrogens with one attached hydrogen (secondary N) is 1. The van der Waals surface area contributed by atoms with Crippen molar-refractivity contribution in [1.82, 2.24) is 20.0 Å². The van der Waals surface area contributed by atoms with Gasteiger partial charge in [0.05, 0.1) is 10.1 Å². The van der Waals surface area contributed by atoms with Gasteiger partial charge in [-0.1, -0.05) is 23.7 Å². The monoisotopic (exact) mass is 492 g/mol. The van der Waals surface area contributed by atoms with Crippen molar-refractivity contribution in [2.45, 2.75) is 51.4 Å². The molecule has 9 heteroatoms. The Morgan fingerprint density at radius 2 is 2.00 bits per heavy atom. The van der Waals surface area contributed by atoms with Gasteiger partial charge in [0.1, 0.15) is 6.04 Å². The van der Waals surface area contributed by atoms with Crippen LogP contribution in [0.2, 0.25) is 0 Å². The minimum atomic E-state index is -0.606. The molecule has 0 aliphatic carbocycles. The number of rotatable bonds is 6. The van der Waals surface area contributed by atoms with E-state index in [4.69, 9.17) is 11.6 Å². The highest BCUT2D eigenvalue weighted by molar-refractivity contribution is 8.05. The lowest BCUT2D eigenvalue weighted by molar-refractivity contribution is -0.132. The summed E-state index contributed by atoms with van der Waals surface area (Å²) in [4.78, 5) is 44.2. The summed E-state index contributed by atoms with van der Waals surface area (Å²) < 4.78 is 0.557. The van der Waals surface area contributed by atoms with Crippen molar-refractivity contribution >= 4 is 41.1 Å². The molecule has 7 nitrogen and oxygen atoms in total. The molecule has 2 aliphatic heterocycles. The van der Waals surface area contributed by atoms with Crippen molar-refractivity contribution < 1.29 is 14.4 Å². The molecule has 0 radical (unpaired) electrons. The number of hydrogen-bond acceptors (Lipinski definition) is 5. The van der Waals surface area contributed by atoms with Crippen molar-refractivity contribution in [2.75, 3.05) is 33.4 Å². The van der Waals surface area contributed by atoms with Gasteiger partial charge in [0.15, 0.2) is 0 Å². The molecule has 1 N–H and O–H groups in total. The molecule has 33 heavy (non-hydrogen) atoms. The van der Waals surface area contributed by atoms with Gasteiger partial charge >= 0.3 is 0 Å². The zero-order chi connectivity index (χ0) is 24.3. The van der Waals surface area contributed by atoms with Crippen molar-refractivity contribution in [3.05, 3.63) is 45.3 Å². The summed E-state index contributed by atoms with van der Waals surface area (Å²) in [6.45, 7) is 5.15. The highest BCUT2D eigenvalue weighted by Crippen LogP contribution is 2.27. The number of likely N-dealkylation sites (N-methyl/N-ethyl adjacent to an activating group) is 2. The summed E-state index contributed by atoms with van der Waals surface area (Å²) in [5, 5.41) is 2.96. The summed E-state index contributed by atoms with van der Waals surface area (Å²) >= 11 is 7.22. The van der Waals surface area contributed by atoms with Crippen molar-refractivity contribution in [3.63, 3.8) is 0 Å². The highest BCUT2D eigenvalue weighted by atomic mass is 35.5. The second kappa shape index (κ2) is 10.9. The molecule has 3 rings (SSSR count). The first-order chi connectivity index (χ1) is 15.6. The Bertz CT molecular complexity index is 952. The maximum atomic E-state index is 13.5. The van der Waals surface area contributed by atoms with Crippen LogP contribution in [-0.2, 0) is 22.6 Å². The Kier molecular flexibility index (Phi) is 8.48. The number of thioether (sulfide) groups is 1. The lowest BCUT2D eigenvalue weighted by Gasteiger charge is -2.32. The largest absolute Gasteiger partial charge is 0.351 e. The van der Waals surface area contributed by atoms with Crippen LogP contribution in [0.4, 0.5) is 0 Å². The fourth-order valence-electron chi connectivity index (χ4n) is 4.35. The van der Waals surface area contributed by atoms with Crippen LogP contribution < -0.4 is 5.32 Å². The first kappa shape index (κ1) is 25.6. The third-order valence-corrected chi connectivity index (χ3v) is 7.83. The molecule has 1 aromatic carbocycles. The lowest BCUT2D eigenvalue weighted by Crippen LogP contribution is -2.45. The second-order valence-electron chi connectivity index (χ2n) is 9.04. The Morgan fingerprint density at radius 1 is 1.27 bits per heavy atom. The Hall–Kier alpha value is -2.03. The van der Waals surface area contributed by atoms with Crippen LogP contribution in [0.15, 0.2) is 28.6 Å². The van der Waals surface area contributed by atoms with E-state index in [9.17, 15) is 14.4 Å². The molecule has 180 valence electrons. The Balaban J connectivity index is 1.76. The first-order valence-corrected chi connectivity index (χ1v) is 12.5. The van der Waals surface area contributed by atoms with Crippen LogP contribution in [0.5, 0.6) is 0 Å². The van der Waals surface area contributed by atoms with E-state index in [2.05, 4.69) is 24.2 Å². The van der Waals surface area contributed by atoms with Crippen LogP contribution in [0.25, 0.3) is 0 Å². The highest BCUT2D eigenvalue weighted by Gasteiger charge is 2.41. The van der Waals surface area contributed by atoms with Gasteiger partial charge in [-0.3, -0.25) is 19.3 Å². The van der Waals surface area contributed by atoms with Gasteiger partial charge < -0.3 is 15.1 Å². The molecule has 3 atom stereocenters. The predicted molar refractivity (Wildman–Crippen MR) is 133 cm³/mol. The summed E-state index contributed by atoms with van der Waals surface area (Å²) in [7, 11) is 5.47. The second-order valence-corrected chi connectivity index (χ2v) is 10.7. The van der Waals surface area contributed by atoms with Gasteiger partial charge in [0, 0.05) is 44.8 Å². The molecule has 2 aliphatic rings. The fourth-order valence-corrected chi connectivity index (χ4v) is 5.03. The van der Waals surface area contributed by atoms with E-state index in [1.54, 1.807) is 25.1 Å². The topological polar surface area (TPSA) is 73.0 Å². The van der Waals surface area contributed by atoms with Crippen molar-refractivity contribution in [1.29, 1.82) is 0 Å². The number of hydrogen-bond donors (Lipinski definition) is 1. The number of nitrogens with zero attached hydrogens (tertiary/aromatic N) is 3. The van der Waals surface area contributed by atoms with Gasteiger partial charge in [-0.15, -0.1) is 11.8 Å². The number of fused-ring (bicyclic) bond motifs is 1. The Morgan fingerprint density at radius 3 is 2.67 bits per heavy atom. The van der Waals surface area contributed by atoms with E-state index >= 15 is 0 Å². The molecule has 3 amide bonds. The lowest BCUT2D eigenvalue weighted by atomic mass is 9.93. The van der Waals surface area contributed by atoms with Gasteiger partial charge in [-0.05, 0) is 57.0 Å². The molecule has 1 saturated heterocycles. The SMILES string of the molecule is C/C=C(/Cl)SCC(=O)NC1C[C@@H](C(=O)N(C)C)N(C(=O)c2ccc3c(c2)C[C@@H](C)N(C)C3)C1. The number of allylic oxidation sites excluding steroid dienone is 1. The average molecular weight is 493 g/mol. The van der Waals surface area contributed by atoms with Crippen LogP contribution in [0.3, 0.4) is 0 Å². The number of carbonyl (C=O) groups excluding carboxylic acids is 3. The van der Waals surface area contributed by atoms with Gasteiger partial charge in [0.25, 0.3) is 5.91 Å². The minimum Gasteiger partial charge on any atom is -0.351 e. The third-order valence-electron chi connectivity index (χ3n) is 6.36. The van der Waals surface area contributed by atoms with E-state index < -0.39 is 6.04 Å². The first-order valence-electron chi connectivity index (χ1n) is 11.2. The van der Waals surface area contributed by atoms with Crippen LogP contribution >= 0.6 is 23.4 Å². The molecule has 0 spiro atoms. The van der Waals surface area contributed by atoms with Gasteiger partial charge in [0.2, 0.25) is 11.8 Å². The number of amides is 3. The van der Waals surface area contributed by atoms with E-state index in [0.717, 1.165) is 13.0 Å². The van der Waals surface area contributed by atoms with Gasteiger partial charge in [-0.2, -0.15) is 0 Å². The van der Waals surface area contributed by atoms with Crippen LogP contribution in [-0.4, -0.2) is 84.0 Å². The van der Waals surface area contributed by atoms with E-state index in [0.29, 0.717) is 28.9 Å². The van der Waals surface area contributed by atoms with Crippen LogP contribution in [0.1, 0.15) is 41.8 Å². The molecule has 1 unspecified atom stereocenters. The standard InChI is InChI=1S/C24H33ClN4O3S/c1-6-21(25)33-14-22(30)26-19-11-20(24(32)27(3)4)29(13-19)23(31)16-7-8-17-12-28(5)15(2)9-18(17)10-16/h6-8,10,15,19-20H,9,11-14H2,1-5H3,(H,26,30)/b21-6-/t15-,19?,20+/m1/s1. The van der Waals surface area contributed by atoms with E-state index in [1.165, 1.54) is 27.8 Å². The van der Waals surface area contributed by atoms with E-state index in [-0.39, 0.29) is 29.5 Å². The summed E-state index contributed by atoms with van der Waals surface area (Å²) in [5.41, 5.74) is 3.00. The summed E-state index contributed by atoms with van der Waals surface area (Å²) in [6, 6.07) is 5.36. The molecular weight excluding hydrogens is 460 g/mol. The molecule has 1 fully saturated rings. The molecule has 0 aromatic heterocycles. The molecule has 1 aromatic rings. The molecule has 2 heterocycles. The number of carbonyl (C=O) groups is 3. The van der Waals surface area contributed by atoms with Crippen LogP contribution in [0, 0.1) is 0 Å². The fraction of sp³-hybridized carbons (Fsp3) is 0.542. The molecule has 0 bridgehead atoms. The normalized spacial score (nSPS) is 23.3. The quantitative estimate of drug-likeness (QED) is 0.661.